The molecule has 7 heteroatoms. The van der Waals surface area contributed by atoms with Crippen LogP contribution in [0.4, 0.5) is 5.95 Å². The van der Waals surface area contributed by atoms with Gasteiger partial charge in [0, 0.05) is 24.5 Å². The number of aromatic nitrogens is 3. The Morgan fingerprint density at radius 3 is 3.25 bits per heavy atom. The lowest BCUT2D eigenvalue weighted by molar-refractivity contribution is 0.417. The molecule has 0 bridgehead atoms. The zero-order valence-corrected chi connectivity index (χ0v) is 12.3. The third-order valence-electron chi connectivity index (χ3n) is 3.65. The van der Waals surface area contributed by atoms with Crippen LogP contribution in [0.1, 0.15) is 12.8 Å². The number of aromatic amines is 1. The number of anilines is 1. The Kier molecular flexibility index (Phi) is 3.88. The molecule has 108 valence electrons. The molecule has 1 aliphatic heterocycles. The maximum Gasteiger partial charge on any atom is 0.245 e. The van der Waals surface area contributed by atoms with Gasteiger partial charge >= 0.3 is 0 Å². The van der Waals surface area contributed by atoms with Crippen LogP contribution in [0, 0.1) is 5.92 Å². The molecule has 0 radical (unpaired) electrons. The molecular weight excluding hydrogens is 274 g/mol. The molecule has 1 aliphatic rings. The predicted molar refractivity (Wildman–Crippen MR) is 80.2 cm³/mol. The van der Waals surface area contributed by atoms with Crippen LogP contribution in [0.25, 0.3) is 10.7 Å². The van der Waals surface area contributed by atoms with Gasteiger partial charge in [0.1, 0.15) is 5.75 Å². The highest BCUT2D eigenvalue weighted by Crippen LogP contribution is 2.30. The number of thiophene rings is 1. The fourth-order valence-corrected chi connectivity index (χ4v) is 3.29. The molecule has 1 saturated heterocycles. The van der Waals surface area contributed by atoms with Crippen molar-refractivity contribution in [1.82, 2.24) is 15.2 Å². The first-order valence-corrected chi connectivity index (χ1v) is 7.68. The van der Waals surface area contributed by atoms with Gasteiger partial charge in [0.2, 0.25) is 5.95 Å². The second kappa shape index (κ2) is 5.80. The zero-order chi connectivity index (χ0) is 13.9. The van der Waals surface area contributed by atoms with Crippen molar-refractivity contribution in [3.8, 4) is 16.5 Å². The fraction of sp³-hybridized carbons (Fsp3) is 0.538. The van der Waals surface area contributed by atoms with Crippen molar-refractivity contribution in [2.45, 2.75) is 12.8 Å². The Hall–Kier alpha value is -1.60. The topological polar surface area (TPSA) is 80.1 Å². The lowest BCUT2D eigenvalue weighted by Gasteiger charge is -2.31. The van der Waals surface area contributed by atoms with Gasteiger partial charge in [0.15, 0.2) is 5.82 Å². The fourth-order valence-electron chi connectivity index (χ4n) is 2.49. The molecule has 1 atom stereocenters. The standard InChI is InChI=1S/C13H19N5OS/c1-19-10-5-11(20-8-10)12-15-13(17-16-12)18-4-2-3-9(6-14)7-18/h5,8-9H,2-4,6-7,14H2,1H3,(H,15,16,17). The summed E-state index contributed by atoms with van der Waals surface area (Å²) in [6.07, 6.45) is 2.35. The molecule has 20 heavy (non-hydrogen) atoms. The van der Waals surface area contributed by atoms with Crippen LogP contribution in [0.15, 0.2) is 11.4 Å². The first-order valence-electron chi connectivity index (χ1n) is 6.80. The maximum atomic E-state index is 5.77. The van der Waals surface area contributed by atoms with Gasteiger partial charge in [-0.2, -0.15) is 4.98 Å². The van der Waals surface area contributed by atoms with Crippen molar-refractivity contribution in [2.75, 3.05) is 31.6 Å². The molecular formula is C13H19N5OS. The van der Waals surface area contributed by atoms with Gasteiger partial charge in [-0.1, -0.05) is 0 Å². The highest BCUT2D eigenvalue weighted by atomic mass is 32.1. The van der Waals surface area contributed by atoms with Crippen molar-refractivity contribution in [2.24, 2.45) is 11.7 Å². The number of ether oxygens (including phenoxy) is 1. The number of hydrogen-bond donors (Lipinski definition) is 2. The normalized spacial score (nSPS) is 19.3. The van der Waals surface area contributed by atoms with E-state index in [2.05, 4.69) is 20.1 Å². The molecule has 2 aromatic heterocycles. The first kappa shape index (κ1) is 13.4. The Bertz CT molecular complexity index is 567. The summed E-state index contributed by atoms with van der Waals surface area (Å²) in [7, 11) is 1.67. The summed E-state index contributed by atoms with van der Waals surface area (Å²) in [6.45, 7) is 2.68. The molecule has 1 unspecified atom stereocenters. The predicted octanol–water partition coefficient (Wildman–Crippen LogP) is 1.72. The maximum absolute atomic E-state index is 5.77. The average Bonchev–Trinajstić information content (AvgIpc) is 3.15. The van der Waals surface area contributed by atoms with Gasteiger partial charge in [0.25, 0.3) is 0 Å². The molecule has 0 amide bonds. The quantitative estimate of drug-likeness (QED) is 0.897. The number of H-pyrrole nitrogens is 1. The highest BCUT2D eigenvalue weighted by Gasteiger charge is 2.22. The van der Waals surface area contributed by atoms with Crippen LogP contribution in [0.2, 0.25) is 0 Å². The zero-order valence-electron chi connectivity index (χ0n) is 11.5. The van der Waals surface area contributed by atoms with Crippen LogP contribution in [0.5, 0.6) is 5.75 Å². The van der Waals surface area contributed by atoms with Crippen molar-refractivity contribution >= 4 is 17.3 Å². The van der Waals surface area contributed by atoms with Crippen LogP contribution < -0.4 is 15.4 Å². The second-order valence-electron chi connectivity index (χ2n) is 5.02. The van der Waals surface area contributed by atoms with E-state index in [4.69, 9.17) is 10.5 Å². The van der Waals surface area contributed by atoms with Crippen LogP contribution in [-0.4, -0.2) is 41.9 Å². The second-order valence-corrected chi connectivity index (χ2v) is 5.94. The van der Waals surface area contributed by atoms with E-state index in [1.54, 1.807) is 18.4 Å². The largest absolute Gasteiger partial charge is 0.496 e. The van der Waals surface area contributed by atoms with Gasteiger partial charge < -0.3 is 15.4 Å². The van der Waals surface area contributed by atoms with Crippen LogP contribution in [0.3, 0.4) is 0 Å². The number of methoxy groups -OCH3 is 1. The molecule has 0 saturated carbocycles. The first-order chi connectivity index (χ1) is 9.80. The van der Waals surface area contributed by atoms with Crippen LogP contribution >= 0.6 is 11.3 Å². The van der Waals surface area contributed by atoms with Gasteiger partial charge in [-0.25, -0.2) is 0 Å². The van der Waals surface area contributed by atoms with E-state index in [-0.39, 0.29) is 0 Å². The smallest absolute Gasteiger partial charge is 0.245 e. The van der Waals surface area contributed by atoms with Gasteiger partial charge in [-0.05, 0) is 25.3 Å². The summed E-state index contributed by atoms with van der Waals surface area (Å²) >= 11 is 1.59. The molecule has 0 aromatic carbocycles. The van der Waals surface area contributed by atoms with Crippen molar-refractivity contribution in [3.63, 3.8) is 0 Å². The van der Waals surface area contributed by atoms with E-state index < -0.39 is 0 Å². The minimum Gasteiger partial charge on any atom is -0.496 e. The summed E-state index contributed by atoms with van der Waals surface area (Å²) in [5.74, 6) is 2.96. The number of piperidine rings is 1. The van der Waals surface area contributed by atoms with Crippen LogP contribution in [-0.2, 0) is 0 Å². The minimum atomic E-state index is 0.549. The SMILES string of the molecule is COc1csc(-c2nc(N3CCCC(CN)C3)n[nH]2)c1. The van der Waals surface area contributed by atoms with Crippen molar-refractivity contribution in [1.29, 1.82) is 0 Å². The van der Waals surface area contributed by atoms with Crippen molar-refractivity contribution < 1.29 is 4.74 Å². The molecule has 2 aromatic rings. The van der Waals surface area contributed by atoms with E-state index in [0.29, 0.717) is 5.92 Å². The van der Waals surface area contributed by atoms with E-state index in [1.807, 2.05) is 11.4 Å². The Balaban J connectivity index is 1.76. The average molecular weight is 293 g/mol. The van der Waals surface area contributed by atoms with Gasteiger partial charge in [-0.3, -0.25) is 5.10 Å². The summed E-state index contributed by atoms with van der Waals surface area (Å²) in [4.78, 5) is 7.84. The third-order valence-corrected chi connectivity index (χ3v) is 4.57. The molecule has 3 rings (SSSR count). The third kappa shape index (κ3) is 2.64. The van der Waals surface area contributed by atoms with Gasteiger partial charge in [-0.15, -0.1) is 16.4 Å². The molecule has 1 fully saturated rings. The molecule has 3 heterocycles. The summed E-state index contributed by atoms with van der Waals surface area (Å²) in [6, 6.07) is 1.97. The van der Waals surface area contributed by atoms with E-state index in [9.17, 15) is 0 Å². The minimum absolute atomic E-state index is 0.549. The molecule has 6 nitrogen and oxygen atoms in total. The Morgan fingerprint density at radius 2 is 2.50 bits per heavy atom. The number of nitrogens with zero attached hydrogens (tertiary/aromatic N) is 3. The summed E-state index contributed by atoms with van der Waals surface area (Å²) in [5, 5.41) is 9.31. The Labute approximate surface area is 122 Å². The molecule has 3 N–H and O–H groups in total. The van der Waals surface area contributed by atoms with Crippen molar-refractivity contribution in [3.05, 3.63) is 11.4 Å². The number of nitrogens with one attached hydrogen (secondary N) is 1. The number of nitrogens with two attached hydrogens (primary N) is 1. The molecule has 0 spiro atoms. The number of hydrogen-bond acceptors (Lipinski definition) is 6. The Morgan fingerprint density at radius 1 is 1.60 bits per heavy atom. The van der Waals surface area contributed by atoms with Gasteiger partial charge in [0.05, 0.1) is 12.0 Å². The van der Waals surface area contributed by atoms with E-state index in [1.165, 1.54) is 6.42 Å². The number of rotatable bonds is 4. The summed E-state index contributed by atoms with van der Waals surface area (Å²) < 4.78 is 5.19. The lowest BCUT2D eigenvalue weighted by atomic mass is 9.99. The van der Waals surface area contributed by atoms with E-state index >= 15 is 0 Å². The molecule has 0 aliphatic carbocycles. The summed E-state index contributed by atoms with van der Waals surface area (Å²) in [5.41, 5.74) is 5.77. The highest BCUT2D eigenvalue weighted by molar-refractivity contribution is 7.13. The lowest BCUT2D eigenvalue weighted by Crippen LogP contribution is -2.38. The monoisotopic (exact) mass is 293 g/mol. The van der Waals surface area contributed by atoms with E-state index in [0.717, 1.165) is 48.5 Å².